The average Bonchev–Trinajstić information content (AvgIpc) is 3.19. The first-order chi connectivity index (χ1) is 14.2. The van der Waals surface area contributed by atoms with Crippen molar-refractivity contribution >= 4 is 23.2 Å². The zero-order valence-electron chi connectivity index (χ0n) is 15.7. The number of benzene rings is 2. The summed E-state index contributed by atoms with van der Waals surface area (Å²) in [6, 6.07) is 19.8. The highest BCUT2D eigenvalue weighted by molar-refractivity contribution is 6.31. The van der Waals surface area contributed by atoms with Gasteiger partial charge in [0, 0.05) is 34.2 Å². The molecule has 0 amide bonds. The molecule has 4 aromatic rings. The zero-order chi connectivity index (χ0) is 19.8. The van der Waals surface area contributed by atoms with Crippen molar-refractivity contribution in [3.63, 3.8) is 0 Å². The van der Waals surface area contributed by atoms with Crippen LogP contribution in [0.15, 0.2) is 79.1 Å². The third kappa shape index (κ3) is 3.30. The molecule has 29 heavy (non-hydrogen) atoms. The van der Waals surface area contributed by atoms with Gasteiger partial charge < -0.3 is 5.32 Å². The molecule has 0 radical (unpaired) electrons. The van der Waals surface area contributed by atoms with Crippen molar-refractivity contribution in [1.82, 2.24) is 19.7 Å². The quantitative estimate of drug-likeness (QED) is 0.504. The van der Waals surface area contributed by atoms with E-state index in [2.05, 4.69) is 35.4 Å². The molecular formula is C23H18ClN5. The highest BCUT2D eigenvalue weighted by atomic mass is 35.5. The Kier molecular flexibility index (Phi) is 4.37. The van der Waals surface area contributed by atoms with Gasteiger partial charge in [-0.25, -0.2) is 4.68 Å². The molecule has 1 unspecified atom stereocenters. The highest BCUT2D eigenvalue weighted by Crippen LogP contribution is 2.36. The number of hydrogen-bond acceptors (Lipinski definition) is 4. The molecule has 0 fully saturated rings. The van der Waals surface area contributed by atoms with Crippen molar-refractivity contribution < 1.29 is 0 Å². The minimum Gasteiger partial charge on any atom is -0.324 e. The lowest BCUT2D eigenvalue weighted by atomic mass is 10.0. The summed E-state index contributed by atoms with van der Waals surface area (Å²) in [5, 5.41) is 8.90. The van der Waals surface area contributed by atoms with Crippen molar-refractivity contribution in [2.75, 3.05) is 5.32 Å². The first-order valence-electron chi connectivity index (χ1n) is 9.36. The first kappa shape index (κ1) is 17.6. The molecule has 5 nitrogen and oxygen atoms in total. The molecule has 1 aliphatic rings. The summed E-state index contributed by atoms with van der Waals surface area (Å²) in [5.41, 5.74) is 5.05. The molecule has 6 heteroatoms. The summed E-state index contributed by atoms with van der Waals surface area (Å²) >= 11 is 6.54. The lowest BCUT2D eigenvalue weighted by Crippen LogP contribution is -2.20. The number of nitrogens with one attached hydrogen (secondary N) is 1. The van der Waals surface area contributed by atoms with Crippen molar-refractivity contribution in [2.24, 2.45) is 0 Å². The number of pyridine rings is 1. The van der Waals surface area contributed by atoms with E-state index in [1.807, 2.05) is 59.4 Å². The summed E-state index contributed by atoms with van der Waals surface area (Å²) in [5.74, 6) is 1.34. The van der Waals surface area contributed by atoms with Gasteiger partial charge in [-0.3, -0.25) is 4.98 Å². The van der Waals surface area contributed by atoms with Gasteiger partial charge in [-0.15, -0.1) is 5.10 Å². The van der Waals surface area contributed by atoms with E-state index in [9.17, 15) is 0 Å². The van der Waals surface area contributed by atoms with Crippen molar-refractivity contribution in [1.29, 1.82) is 0 Å². The number of aryl methyl sites for hydroxylation is 1. The Morgan fingerprint density at radius 2 is 1.79 bits per heavy atom. The smallest absolute Gasteiger partial charge is 0.227 e. The summed E-state index contributed by atoms with van der Waals surface area (Å²) in [6.45, 7) is 2.06. The number of allylic oxidation sites excluding steroid dienone is 1. The topological polar surface area (TPSA) is 55.6 Å². The summed E-state index contributed by atoms with van der Waals surface area (Å²) in [6.07, 6.45) is 5.70. The molecule has 0 spiro atoms. The molecule has 3 heterocycles. The number of nitrogens with zero attached hydrogens (tertiary/aromatic N) is 4. The monoisotopic (exact) mass is 399 g/mol. The van der Waals surface area contributed by atoms with Crippen LogP contribution in [0.4, 0.5) is 5.95 Å². The Hall–Kier alpha value is -3.44. The van der Waals surface area contributed by atoms with E-state index in [1.54, 1.807) is 6.20 Å². The molecule has 1 N–H and O–H groups in total. The van der Waals surface area contributed by atoms with Gasteiger partial charge in [0.1, 0.15) is 6.04 Å². The van der Waals surface area contributed by atoms with Gasteiger partial charge in [-0.2, -0.15) is 4.98 Å². The van der Waals surface area contributed by atoms with Crippen LogP contribution in [0.25, 0.3) is 17.1 Å². The molecular weight excluding hydrogens is 382 g/mol. The van der Waals surface area contributed by atoms with Crippen LogP contribution >= 0.6 is 11.6 Å². The second-order valence-corrected chi connectivity index (χ2v) is 7.39. The molecule has 2 aromatic heterocycles. The van der Waals surface area contributed by atoms with Crippen molar-refractivity contribution in [3.8, 4) is 11.4 Å². The van der Waals surface area contributed by atoms with Crippen LogP contribution in [-0.2, 0) is 0 Å². The zero-order valence-corrected chi connectivity index (χ0v) is 16.5. The summed E-state index contributed by atoms with van der Waals surface area (Å²) < 4.78 is 1.89. The van der Waals surface area contributed by atoms with Gasteiger partial charge in [0.25, 0.3) is 0 Å². The second kappa shape index (κ2) is 7.18. The number of fused-ring (bicyclic) bond motifs is 1. The van der Waals surface area contributed by atoms with Gasteiger partial charge >= 0.3 is 0 Å². The van der Waals surface area contributed by atoms with E-state index >= 15 is 0 Å². The van der Waals surface area contributed by atoms with E-state index in [1.165, 1.54) is 5.56 Å². The molecule has 0 aliphatic carbocycles. The van der Waals surface area contributed by atoms with E-state index in [0.717, 1.165) is 22.4 Å². The minimum absolute atomic E-state index is 0.179. The van der Waals surface area contributed by atoms with Gasteiger partial charge in [0.05, 0.1) is 0 Å². The Morgan fingerprint density at radius 1 is 0.966 bits per heavy atom. The Labute approximate surface area is 173 Å². The fourth-order valence-electron chi connectivity index (χ4n) is 3.44. The van der Waals surface area contributed by atoms with E-state index in [0.29, 0.717) is 16.8 Å². The SMILES string of the molecule is Cc1ccc(-c2nc3n(n2)C(c2ccccc2Cl)C=C(c2cccnc2)N3)cc1. The molecule has 1 atom stereocenters. The van der Waals surface area contributed by atoms with Crippen LogP contribution in [0.1, 0.15) is 22.7 Å². The van der Waals surface area contributed by atoms with Crippen LogP contribution in [0.2, 0.25) is 5.02 Å². The van der Waals surface area contributed by atoms with Crippen LogP contribution < -0.4 is 5.32 Å². The van der Waals surface area contributed by atoms with Gasteiger partial charge in [-0.1, -0.05) is 59.6 Å². The second-order valence-electron chi connectivity index (χ2n) is 6.98. The predicted octanol–water partition coefficient (Wildman–Crippen LogP) is 5.36. The summed E-state index contributed by atoms with van der Waals surface area (Å²) in [7, 11) is 0. The van der Waals surface area contributed by atoms with Gasteiger partial charge in [-0.05, 0) is 36.8 Å². The van der Waals surface area contributed by atoms with E-state index in [4.69, 9.17) is 21.7 Å². The van der Waals surface area contributed by atoms with E-state index in [-0.39, 0.29) is 6.04 Å². The number of aromatic nitrogens is 4. The van der Waals surface area contributed by atoms with Gasteiger partial charge in [0.15, 0.2) is 5.82 Å². The van der Waals surface area contributed by atoms with E-state index < -0.39 is 0 Å². The maximum absolute atomic E-state index is 6.54. The third-order valence-corrected chi connectivity index (χ3v) is 5.32. The van der Waals surface area contributed by atoms with Crippen LogP contribution in [0.3, 0.4) is 0 Å². The molecule has 0 saturated heterocycles. The first-order valence-corrected chi connectivity index (χ1v) is 9.74. The summed E-state index contributed by atoms with van der Waals surface area (Å²) in [4.78, 5) is 9.01. The number of anilines is 1. The Bertz CT molecular complexity index is 1200. The standard InChI is InChI=1S/C23H18ClN5/c1-15-8-10-16(11-9-15)22-27-23-26-20(17-5-4-12-25-14-17)13-21(29(23)28-22)18-6-2-3-7-19(18)24/h2-14,21H,1H3,(H,26,27,28). The lowest BCUT2D eigenvalue weighted by molar-refractivity contribution is 0.613. The minimum atomic E-state index is -0.179. The van der Waals surface area contributed by atoms with Crippen LogP contribution in [0.5, 0.6) is 0 Å². The highest BCUT2D eigenvalue weighted by Gasteiger charge is 2.27. The predicted molar refractivity (Wildman–Crippen MR) is 116 cm³/mol. The molecule has 0 saturated carbocycles. The molecule has 2 aromatic carbocycles. The van der Waals surface area contributed by atoms with Crippen molar-refractivity contribution in [3.05, 3.63) is 101 Å². The number of hydrogen-bond donors (Lipinski definition) is 1. The third-order valence-electron chi connectivity index (χ3n) is 4.97. The Balaban J connectivity index is 1.65. The average molecular weight is 400 g/mol. The molecule has 0 bridgehead atoms. The number of rotatable bonds is 3. The maximum Gasteiger partial charge on any atom is 0.227 e. The molecule has 1 aliphatic heterocycles. The largest absolute Gasteiger partial charge is 0.324 e. The van der Waals surface area contributed by atoms with Gasteiger partial charge in [0.2, 0.25) is 5.95 Å². The van der Waals surface area contributed by atoms with Crippen molar-refractivity contribution in [2.45, 2.75) is 13.0 Å². The Morgan fingerprint density at radius 3 is 2.55 bits per heavy atom. The van der Waals surface area contributed by atoms with Crippen LogP contribution in [-0.4, -0.2) is 19.7 Å². The lowest BCUT2D eigenvalue weighted by Gasteiger charge is -2.24. The molecule has 142 valence electrons. The fraction of sp³-hybridized carbons (Fsp3) is 0.0870. The normalized spacial score (nSPS) is 15.4. The molecule has 5 rings (SSSR count). The van der Waals surface area contributed by atoms with Crippen LogP contribution in [0, 0.1) is 6.92 Å². The fourth-order valence-corrected chi connectivity index (χ4v) is 3.69. The maximum atomic E-state index is 6.54. The number of halogens is 1.